The predicted molar refractivity (Wildman–Crippen MR) is 54.0 cm³/mol. The van der Waals surface area contributed by atoms with Crippen molar-refractivity contribution in [3.05, 3.63) is 23.9 Å². The lowest BCUT2D eigenvalue weighted by molar-refractivity contribution is 0.396. The number of aromatic nitrogens is 1. The molecule has 0 aliphatic rings. The fraction of sp³-hybridized carbons (Fsp3) is 0.545. The van der Waals surface area contributed by atoms with Crippen LogP contribution in [0.3, 0.4) is 0 Å². The molecule has 1 atom stereocenters. The molecule has 2 heteroatoms. The number of hydrogen-bond acceptors (Lipinski definition) is 2. The van der Waals surface area contributed by atoms with Crippen LogP contribution in [0.4, 0.5) is 0 Å². The van der Waals surface area contributed by atoms with Gasteiger partial charge in [-0.05, 0) is 23.5 Å². The van der Waals surface area contributed by atoms with Gasteiger partial charge in [0.15, 0.2) is 0 Å². The summed E-state index contributed by atoms with van der Waals surface area (Å²) in [6, 6.07) is 4.05. The van der Waals surface area contributed by atoms with Crippen molar-refractivity contribution in [1.82, 2.24) is 4.98 Å². The normalized spacial score (nSPS) is 13.0. The summed E-state index contributed by atoms with van der Waals surface area (Å²) in [6.45, 7) is 6.66. The highest BCUT2D eigenvalue weighted by atomic mass is 16.5. The third-order valence-electron chi connectivity index (χ3n) is 2.49. The van der Waals surface area contributed by atoms with Crippen LogP contribution >= 0.6 is 0 Å². The molecule has 0 spiro atoms. The van der Waals surface area contributed by atoms with E-state index in [-0.39, 0.29) is 0 Å². The largest absolute Gasteiger partial charge is 0.481 e. The van der Waals surface area contributed by atoms with Crippen molar-refractivity contribution in [2.24, 2.45) is 5.92 Å². The van der Waals surface area contributed by atoms with Crippen molar-refractivity contribution in [3.63, 3.8) is 0 Å². The Kier molecular flexibility index (Phi) is 3.29. The summed E-state index contributed by atoms with van der Waals surface area (Å²) >= 11 is 0. The maximum absolute atomic E-state index is 5.07. The molecule has 1 heterocycles. The number of methoxy groups -OCH3 is 1. The lowest BCUT2D eigenvalue weighted by Crippen LogP contribution is -2.02. The van der Waals surface area contributed by atoms with E-state index in [1.54, 1.807) is 13.3 Å². The van der Waals surface area contributed by atoms with Crippen LogP contribution in [0.15, 0.2) is 18.3 Å². The highest BCUT2D eigenvalue weighted by molar-refractivity contribution is 5.23. The molecule has 1 aromatic rings. The molecule has 1 aromatic heterocycles. The summed E-state index contributed by atoms with van der Waals surface area (Å²) in [5.41, 5.74) is 1.29. The minimum atomic E-state index is 0.553. The van der Waals surface area contributed by atoms with E-state index >= 15 is 0 Å². The molecule has 72 valence electrons. The van der Waals surface area contributed by atoms with Crippen molar-refractivity contribution < 1.29 is 4.74 Å². The zero-order valence-corrected chi connectivity index (χ0v) is 8.74. The molecule has 0 radical (unpaired) electrons. The van der Waals surface area contributed by atoms with Crippen molar-refractivity contribution in [1.29, 1.82) is 0 Å². The van der Waals surface area contributed by atoms with E-state index in [0.717, 1.165) is 0 Å². The molecule has 0 aromatic carbocycles. The summed E-state index contributed by atoms with van der Waals surface area (Å²) in [7, 11) is 1.64. The number of pyridine rings is 1. The van der Waals surface area contributed by atoms with Crippen molar-refractivity contribution >= 4 is 0 Å². The highest BCUT2D eigenvalue weighted by Gasteiger charge is 2.10. The number of hydrogen-bond donors (Lipinski definition) is 0. The first-order chi connectivity index (χ1) is 6.15. The first-order valence-electron chi connectivity index (χ1n) is 4.65. The van der Waals surface area contributed by atoms with E-state index < -0.39 is 0 Å². The van der Waals surface area contributed by atoms with Crippen LogP contribution in [0.5, 0.6) is 5.88 Å². The Balaban J connectivity index is 2.88. The van der Waals surface area contributed by atoms with Gasteiger partial charge in [0.05, 0.1) is 7.11 Å². The monoisotopic (exact) mass is 179 g/mol. The lowest BCUT2D eigenvalue weighted by Gasteiger charge is -2.15. The molecule has 0 saturated carbocycles. The van der Waals surface area contributed by atoms with Crippen LogP contribution in [0, 0.1) is 5.92 Å². The van der Waals surface area contributed by atoms with Gasteiger partial charge in [0.1, 0.15) is 0 Å². The van der Waals surface area contributed by atoms with E-state index in [1.807, 2.05) is 12.1 Å². The summed E-state index contributed by atoms with van der Waals surface area (Å²) < 4.78 is 5.07. The fourth-order valence-electron chi connectivity index (χ4n) is 1.20. The summed E-state index contributed by atoms with van der Waals surface area (Å²) in [5.74, 6) is 1.90. The van der Waals surface area contributed by atoms with E-state index in [0.29, 0.717) is 17.7 Å². The van der Waals surface area contributed by atoms with Gasteiger partial charge in [-0.1, -0.05) is 20.8 Å². The molecule has 0 fully saturated rings. The van der Waals surface area contributed by atoms with Gasteiger partial charge in [-0.25, -0.2) is 4.98 Å². The van der Waals surface area contributed by atoms with Gasteiger partial charge in [-0.15, -0.1) is 0 Å². The van der Waals surface area contributed by atoms with Gasteiger partial charge in [0.2, 0.25) is 5.88 Å². The molecule has 13 heavy (non-hydrogen) atoms. The van der Waals surface area contributed by atoms with Gasteiger partial charge in [-0.3, -0.25) is 0 Å². The Morgan fingerprint density at radius 3 is 2.54 bits per heavy atom. The molecule has 0 unspecified atom stereocenters. The Hall–Kier alpha value is -1.05. The molecule has 0 amide bonds. The SMILES string of the molecule is COc1cc([C@@H](C)C(C)C)ccn1. The summed E-state index contributed by atoms with van der Waals surface area (Å²) in [5, 5.41) is 0. The van der Waals surface area contributed by atoms with Crippen LogP contribution in [-0.4, -0.2) is 12.1 Å². The lowest BCUT2D eigenvalue weighted by atomic mass is 9.91. The zero-order valence-electron chi connectivity index (χ0n) is 8.74. The van der Waals surface area contributed by atoms with Gasteiger partial charge >= 0.3 is 0 Å². The van der Waals surface area contributed by atoms with Crippen LogP contribution < -0.4 is 4.74 Å². The smallest absolute Gasteiger partial charge is 0.213 e. The van der Waals surface area contributed by atoms with Gasteiger partial charge in [0.25, 0.3) is 0 Å². The van der Waals surface area contributed by atoms with Crippen molar-refractivity contribution in [3.8, 4) is 5.88 Å². The first-order valence-corrected chi connectivity index (χ1v) is 4.65. The Labute approximate surface area is 80.0 Å². The topological polar surface area (TPSA) is 22.1 Å². The maximum Gasteiger partial charge on any atom is 0.213 e. The maximum atomic E-state index is 5.07. The third-order valence-corrected chi connectivity index (χ3v) is 2.49. The zero-order chi connectivity index (χ0) is 9.84. The van der Waals surface area contributed by atoms with E-state index in [2.05, 4.69) is 25.8 Å². The molecular formula is C11H17NO. The molecular weight excluding hydrogens is 162 g/mol. The summed E-state index contributed by atoms with van der Waals surface area (Å²) in [6.07, 6.45) is 1.80. The molecule has 1 rings (SSSR count). The second-order valence-electron chi connectivity index (χ2n) is 3.66. The number of nitrogens with zero attached hydrogens (tertiary/aromatic N) is 1. The number of rotatable bonds is 3. The second kappa shape index (κ2) is 4.26. The van der Waals surface area contributed by atoms with Crippen molar-refractivity contribution in [2.45, 2.75) is 26.7 Å². The molecule has 2 nitrogen and oxygen atoms in total. The molecule has 0 aliphatic heterocycles. The molecule has 0 saturated heterocycles. The van der Waals surface area contributed by atoms with E-state index in [4.69, 9.17) is 4.74 Å². The Morgan fingerprint density at radius 2 is 2.00 bits per heavy atom. The van der Waals surface area contributed by atoms with Crippen LogP contribution in [0.2, 0.25) is 0 Å². The first kappa shape index (κ1) is 10.0. The standard InChI is InChI=1S/C11H17NO/c1-8(2)9(3)10-5-6-12-11(7-10)13-4/h5-9H,1-4H3/t9-/m0/s1. The Bertz CT molecular complexity index is 271. The van der Waals surface area contributed by atoms with Crippen LogP contribution in [0.25, 0.3) is 0 Å². The number of ether oxygens (including phenoxy) is 1. The van der Waals surface area contributed by atoms with E-state index in [9.17, 15) is 0 Å². The van der Waals surface area contributed by atoms with Gasteiger partial charge in [-0.2, -0.15) is 0 Å². The van der Waals surface area contributed by atoms with E-state index in [1.165, 1.54) is 5.56 Å². The average Bonchev–Trinajstić information content (AvgIpc) is 2.16. The van der Waals surface area contributed by atoms with Gasteiger partial charge in [0, 0.05) is 12.3 Å². The van der Waals surface area contributed by atoms with Gasteiger partial charge < -0.3 is 4.74 Å². The summed E-state index contributed by atoms with van der Waals surface area (Å²) in [4.78, 5) is 4.08. The average molecular weight is 179 g/mol. The van der Waals surface area contributed by atoms with Crippen molar-refractivity contribution in [2.75, 3.05) is 7.11 Å². The fourth-order valence-corrected chi connectivity index (χ4v) is 1.20. The van der Waals surface area contributed by atoms with Crippen LogP contribution in [-0.2, 0) is 0 Å². The second-order valence-corrected chi connectivity index (χ2v) is 3.66. The highest BCUT2D eigenvalue weighted by Crippen LogP contribution is 2.24. The molecule has 0 N–H and O–H groups in total. The minimum absolute atomic E-state index is 0.553. The van der Waals surface area contributed by atoms with Crippen LogP contribution in [0.1, 0.15) is 32.3 Å². The molecule has 0 bridgehead atoms. The minimum Gasteiger partial charge on any atom is -0.481 e. The third kappa shape index (κ3) is 2.44. The Morgan fingerprint density at radius 1 is 1.31 bits per heavy atom. The molecule has 0 aliphatic carbocycles. The quantitative estimate of drug-likeness (QED) is 0.711. The predicted octanol–water partition coefficient (Wildman–Crippen LogP) is 2.85.